The molecule has 3 aliphatic heterocycles. The standard InChI is InChI=1S/C16H24O5.C3H8/c1-2-3-4-5-6-9-19-10-16-8-7-11(21-16)12-13(16)15(18)20-14(12)17;1-3-2/h11-13H,2-10H2,1H3;3H2,1-2H3. The Morgan fingerprint density at radius 3 is 2.50 bits per heavy atom. The Labute approximate surface area is 145 Å². The van der Waals surface area contributed by atoms with Gasteiger partial charge < -0.3 is 14.2 Å². The maximum atomic E-state index is 11.9. The van der Waals surface area contributed by atoms with Gasteiger partial charge in [-0.15, -0.1) is 0 Å². The van der Waals surface area contributed by atoms with Gasteiger partial charge in [-0.2, -0.15) is 0 Å². The molecule has 0 aromatic rings. The van der Waals surface area contributed by atoms with Crippen LogP contribution in [0.4, 0.5) is 0 Å². The van der Waals surface area contributed by atoms with Crippen molar-refractivity contribution < 1.29 is 23.8 Å². The SMILES string of the molecule is CCC.CCCCCCCOCC12CCC(O1)C1C(=O)OC(=O)C12. The van der Waals surface area contributed by atoms with Gasteiger partial charge in [0.1, 0.15) is 11.5 Å². The van der Waals surface area contributed by atoms with Crippen LogP contribution in [0.15, 0.2) is 0 Å². The van der Waals surface area contributed by atoms with Gasteiger partial charge in [0.15, 0.2) is 0 Å². The molecule has 0 aromatic carbocycles. The summed E-state index contributed by atoms with van der Waals surface area (Å²) in [6.07, 6.45) is 8.68. The van der Waals surface area contributed by atoms with Crippen LogP contribution in [0.2, 0.25) is 0 Å². The van der Waals surface area contributed by atoms with Crippen molar-refractivity contribution in [2.75, 3.05) is 13.2 Å². The fraction of sp³-hybridized carbons (Fsp3) is 0.895. The summed E-state index contributed by atoms with van der Waals surface area (Å²) in [5.41, 5.74) is -0.609. The Kier molecular flexibility index (Phi) is 7.23. The molecule has 3 saturated heterocycles. The van der Waals surface area contributed by atoms with E-state index in [0.717, 1.165) is 19.3 Å². The van der Waals surface area contributed by atoms with Crippen molar-refractivity contribution in [2.24, 2.45) is 11.8 Å². The number of esters is 2. The summed E-state index contributed by atoms with van der Waals surface area (Å²) >= 11 is 0. The van der Waals surface area contributed by atoms with E-state index in [1.807, 2.05) is 0 Å². The van der Waals surface area contributed by atoms with Crippen molar-refractivity contribution in [3.8, 4) is 0 Å². The molecule has 5 nitrogen and oxygen atoms in total. The van der Waals surface area contributed by atoms with E-state index in [9.17, 15) is 9.59 Å². The molecular weight excluding hydrogens is 308 g/mol. The minimum Gasteiger partial charge on any atom is -0.393 e. The monoisotopic (exact) mass is 340 g/mol. The molecular formula is C19H32O5. The molecule has 0 spiro atoms. The molecule has 0 saturated carbocycles. The topological polar surface area (TPSA) is 61.8 Å². The summed E-state index contributed by atoms with van der Waals surface area (Å²) in [5.74, 6) is -1.65. The number of hydrogen-bond acceptors (Lipinski definition) is 5. The third-order valence-electron chi connectivity index (χ3n) is 5.03. The molecule has 138 valence electrons. The van der Waals surface area contributed by atoms with Crippen LogP contribution >= 0.6 is 0 Å². The lowest BCUT2D eigenvalue weighted by Crippen LogP contribution is -2.44. The van der Waals surface area contributed by atoms with Gasteiger partial charge in [-0.05, 0) is 19.3 Å². The van der Waals surface area contributed by atoms with Crippen LogP contribution < -0.4 is 0 Å². The van der Waals surface area contributed by atoms with E-state index in [2.05, 4.69) is 20.8 Å². The molecule has 0 radical (unpaired) electrons. The number of cyclic esters (lactones) is 2. The molecule has 3 fully saturated rings. The summed E-state index contributed by atoms with van der Waals surface area (Å²) in [5, 5.41) is 0. The molecule has 5 heteroatoms. The Morgan fingerprint density at radius 1 is 1.08 bits per heavy atom. The van der Waals surface area contributed by atoms with Crippen LogP contribution in [0.25, 0.3) is 0 Å². The Balaban J connectivity index is 0.000000647. The van der Waals surface area contributed by atoms with Crippen LogP contribution in [-0.4, -0.2) is 36.9 Å². The number of fused-ring (bicyclic) bond motifs is 5. The first-order valence-corrected chi connectivity index (χ1v) is 9.60. The third kappa shape index (κ3) is 3.99. The van der Waals surface area contributed by atoms with Gasteiger partial charge in [0.25, 0.3) is 0 Å². The van der Waals surface area contributed by atoms with Gasteiger partial charge in [0.2, 0.25) is 0 Å². The van der Waals surface area contributed by atoms with Gasteiger partial charge >= 0.3 is 11.9 Å². The second kappa shape index (κ2) is 8.95. The second-order valence-electron chi connectivity index (χ2n) is 7.18. The average molecular weight is 340 g/mol. The van der Waals surface area contributed by atoms with E-state index in [0.29, 0.717) is 13.2 Å². The van der Waals surface area contributed by atoms with Crippen LogP contribution in [0.3, 0.4) is 0 Å². The number of ether oxygens (including phenoxy) is 3. The van der Waals surface area contributed by atoms with Gasteiger partial charge in [0.05, 0.1) is 18.6 Å². The highest BCUT2D eigenvalue weighted by Crippen LogP contribution is 2.54. The van der Waals surface area contributed by atoms with Crippen molar-refractivity contribution in [1.29, 1.82) is 0 Å². The average Bonchev–Trinajstić information content (AvgIpc) is 3.19. The van der Waals surface area contributed by atoms with Crippen molar-refractivity contribution in [2.45, 2.75) is 83.8 Å². The lowest BCUT2D eigenvalue weighted by Gasteiger charge is -2.29. The minimum absolute atomic E-state index is 0.151. The van der Waals surface area contributed by atoms with Crippen molar-refractivity contribution in [3.05, 3.63) is 0 Å². The molecule has 4 atom stereocenters. The smallest absolute Gasteiger partial charge is 0.320 e. The molecule has 0 aliphatic carbocycles. The first-order valence-electron chi connectivity index (χ1n) is 9.60. The highest BCUT2D eigenvalue weighted by atomic mass is 16.6. The zero-order chi connectivity index (χ0) is 17.6. The van der Waals surface area contributed by atoms with Crippen molar-refractivity contribution in [3.63, 3.8) is 0 Å². The van der Waals surface area contributed by atoms with Crippen molar-refractivity contribution in [1.82, 2.24) is 0 Å². The van der Waals surface area contributed by atoms with Crippen LogP contribution in [-0.2, 0) is 23.8 Å². The Bertz CT molecular complexity index is 435. The lowest BCUT2D eigenvalue weighted by molar-refractivity contribution is -0.161. The molecule has 3 aliphatic rings. The maximum Gasteiger partial charge on any atom is 0.320 e. The van der Waals surface area contributed by atoms with E-state index >= 15 is 0 Å². The van der Waals surface area contributed by atoms with Crippen molar-refractivity contribution >= 4 is 11.9 Å². The molecule has 3 rings (SSSR count). The largest absolute Gasteiger partial charge is 0.393 e. The zero-order valence-corrected chi connectivity index (χ0v) is 15.3. The summed E-state index contributed by atoms with van der Waals surface area (Å²) in [6, 6.07) is 0. The van der Waals surface area contributed by atoms with Gasteiger partial charge in [-0.25, -0.2) is 0 Å². The Hall–Kier alpha value is -0.940. The molecule has 0 aromatic heterocycles. The molecule has 0 N–H and O–H groups in total. The molecule has 0 amide bonds. The molecule has 24 heavy (non-hydrogen) atoms. The number of carbonyl (C=O) groups excluding carboxylic acids is 2. The predicted molar refractivity (Wildman–Crippen MR) is 90.5 cm³/mol. The highest BCUT2D eigenvalue weighted by Gasteiger charge is 2.69. The minimum atomic E-state index is -0.609. The number of carbonyl (C=O) groups is 2. The van der Waals surface area contributed by atoms with Crippen LogP contribution in [0.1, 0.15) is 72.1 Å². The second-order valence-corrected chi connectivity index (χ2v) is 7.18. The molecule has 2 bridgehead atoms. The first kappa shape index (κ1) is 19.4. The number of rotatable bonds is 8. The fourth-order valence-corrected chi connectivity index (χ4v) is 3.96. The third-order valence-corrected chi connectivity index (χ3v) is 5.03. The summed E-state index contributed by atoms with van der Waals surface area (Å²) in [4.78, 5) is 23.6. The van der Waals surface area contributed by atoms with E-state index in [-0.39, 0.29) is 12.0 Å². The first-order chi connectivity index (χ1) is 11.6. The van der Waals surface area contributed by atoms with E-state index in [1.54, 1.807) is 0 Å². The van der Waals surface area contributed by atoms with Gasteiger partial charge in [-0.3, -0.25) is 9.59 Å². The molecule has 3 heterocycles. The van der Waals surface area contributed by atoms with E-state index in [4.69, 9.17) is 14.2 Å². The number of hydrogen-bond donors (Lipinski definition) is 0. The quantitative estimate of drug-likeness (QED) is 0.383. The summed E-state index contributed by atoms with van der Waals surface area (Å²) in [6.45, 7) is 7.54. The van der Waals surface area contributed by atoms with E-state index in [1.165, 1.54) is 32.1 Å². The normalized spacial score (nSPS) is 33.2. The molecule has 4 unspecified atom stereocenters. The summed E-state index contributed by atoms with van der Waals surface area (Å²) in [7, 11) is 0. The summed E-state index contributed by atoms with van der Waals surface area (Å²) < 4.78 is 16.5. The highest BCUT2D eigenvalue weighted by molar-refractivity contribution is 5.98. The van der Waals surface area contributed by atoms with Gasteiger partial charge in [-0.1, -0.05) is 52.9 Å². The Morgan fingerprint density at radius 2 is 1.79 bits per heavy atom. The predicted octanol–water partition coefficient (Wildman–Crippen LogP) is 3.64. The maximum absolute atomic E-state index is 11.9. The lowest BCUT2D eigenvalue weighted by atomic mass is 9.73. The van der Waals surface area contributed by atoms with Gasteiger partial charge in [0, 0.05) is 6.61 Å². The van der Waals surface area contributed by atoms with E-state index < -0.39 is 23.5 Å². The van der Waals surface area contributed by atoms with Crippen LogP contribution in [0, 0.1) is 11.8 Å². The zero-order valence-electron chi connectivity index (χ0n) is 15.3. The fourth-order valence-electron chi connectivity index (χ4n) is 3.96. The van der Waals surface area contributed by atoms with Crippen LogP contribution in [0.5, 0.6) is 0 Å². The number of unbranched alkanes of at least 4 members (excludes halogenated alkanes) is 4.